The largest absolute Gasteiger partial charge is 0.368 e. The molecule has 0 spiro atoms. The second-order valence-electron chi connectivity index (χ2n) is 6.65. The van der Waals surface area contributed by atoms with Gasteiger partial charge in [-0.3, -0.25) is 9.36 Å². The highest BCUT2D eigenvalue weighted by atomic mass is 35.5. The predicted molar refractivity (Wildman–Crippen MR) is 107 cm³/mol. The molecular formula is C18H19Cl2N5O. The Morgan fingerprint density at radius 2 is 1.88 bits per heavy atom. The van der Waals surface area contributed by atoms with Crippen molar-refractivity contribution >= 4 is 40.2 Å². The maximum absolute atomic E-state index is 13.4. The lowest BCUT2D eigenvalue weighted by molar-refractivity contribution is 0.333. The van der Waals surface area contributed by atoms with Crippen LogP contribution in [-0.4, -0.2) is 21.1 Å². The molecule has 26 heavy (non-hydrogen) atoms. The number of hydrogen-bond acceptors (Lipinski definition) is 5. The number of aromatic nitrogens is 3. The molecule has 2 heterocycles. The normalized spacial score (nSPS) is 11.9. The van der Waals surface area contributed by atoms with E-state index in [2.05, 4.69) is 9.97 Å². The van der Waals surface area contributed by atoms with Crippen molar-refractivity contribution in [2.45, 2.75) is 25.8 Å². The van der Waals surface area contributed by atoms with Crippen LogP contribution in [0.1, 0.15) is 20.3 Å². The van der Waals surface area contributed by atoms with Gasteiger partial charge < -0.3 is 11.5 Å². The maximum atomic E-state index is 13.4. The van der Waals surface area contributed by atoms with E-state index in [1.165, 1.54) is 0 Å². The Morgan fingerprint density at radius 3 is 2.50 bits per heavy atom. The number of pyridine rings is 1. The fraction of sp³-hybridized carbons (Fsp3) is 0.278. The summed E-state index contributed by atoms with van der Waals surface area (Å²) in [6.45, 7) is 4.27. The second-order valence-corrected chi connectivity index (χ2v) is 7.47. The number of anilines is 1. The standard InChI is InChI=1S/C18H19Cl2N5O/c1-18(2,6-7-21)25-15-10(9-23-17(22)24-15)8-11(16(25)26)14-12(19)4-3-5-13(14)20/h3-5,8-9H,6-7,21H2,1-2H3,(H2,22,23,24). The zero-order chi connectivity index (χ0) is 19.1. The third-order valence-electron chi connectivity index (χ3n) is 4.35. The van der Waals surface area contributed by atoms with Crippen LogP contribution in [0.3, 0.4) is 0 Å². The van der Waals surface area contributed by atoms with Gasteiger partial charge in [0, 0.05) is 22.7 Å². The molecule has 3 aromatic rings. The average molecular weight is 392 g/mol. The van der Waals surface area contributed by atoms with E-state index in [0.717, 1.165) is 0 Å². The monoisotopic (exact) mass is 391 g/mol. The van der Waals surface area contributed by atoms with Gasteiger partial charge in [0.15, 0.2) is 0 Å². The Bertz CT molecular complexity index is 1030. The van der Waals surface area contributed by atoms with Crippen LogP contribution >= 0.6 is 23.2 Å². The molecule has 4 N–H and O–H groups in total. The Hall–Kier alpha value is -2.15. The number of nitrogens with two attached hydrogens (primary N) is 2. The Balaban J connectivity index is 2.46. The number of hydrogen-bond donors (Lipinski definition) is 2. The van der Waals surface area contributed by atoms with E-state index in [1.54, 1.807) is 35.0 Å². The third kappa shape index (κ3) is 3.16. The van der Waals surface area contributed by atoms with Crippen molar-refractivity contribution < 1.29 is 0 Å². The van der Waals surface area contributed by atoms with Crippen molar-refractivity contribution in [3.63, 3.8) is 0 Å². The lowest BCUT2D eigenvalue weighted by Gasteiger charge is -2.29. The van der Waals surface area contributed by atoms with Gasteiger partial charge in [0.05, 0.1) is 15.6 Å². The van der Waals surface area contributed by atoms with Crippen molar-refractivity contribution in [3.05, 3.63) is 50.9 Å². The molecule has 0 unspecified atom stereocenters. The van der Waals surface area contributed by atoms with Crippen LogP contribution in [0.25, 0.3) is 22.2 Å². The molecule has 3 rings (SSSR count). The summed E-state index contributed by atoms with van der Waals surface area (Å²) < 4.78 is 1.60. The van der Waals surface area contributed by atoms with Crippen LogP contribution in [0.15, 0.2) is 35.3 Å². The number of nitrogens with zero attached hydrogens (tertiary/aromatic N) is 3. The summed E-state index contributed by atoms with van der Waals surface area (Å²) in [4.78, 5) is 21.8. The van der Waals surface area contributed by atoms with Crippen molar-refractivity contribution in [1.29, 1.82) is 0 Å². The lowest BCUT2D eigenvalue weighted by atomic mass is 9.98. The zero-order valence-corrected chi connectivity index (χ0v) is 16.0. The highest BCUT2D eigenvalue weighted by Crippen LogP contribution is 2.34. The van der Waals surface area contributed by atoms with Gasteiger partial charge in [-0.2, -0.15) is 4.98 Å². The van der Waals surface area contributed by atoms with Gasteiger partial charge >= 0.3 is 0 Å². The van der Waals surface area contributed by atoms with Crippen LogP contribution < -0.4 is 17.0 Å². The van der Waals surface area contributed by atoms with E-state index < -0.39 is 5.54 Å². The number of halogens is 2. The quantitative estimate of drug-likeness (QED) is 0.709. The SMILES string of the molecule is CC(C)(CCN)n1c(=O)c(-c2c(Cl)cccc2Cl)cc2cnc(N)nc21. The molecule has 0 atom stereocenters. The van der Waals surface area contributed by atoms with Gasteiger partial charge in [0.25, 0.3) is 5.56 Å². The Kier molecular flexibility index (Phi) is 4.92. The van der Waals surface area contributed by atoms with E-state index in [9.17, 15) is 4.79 Å². The molecule has 2 aromatic heterocycles. The van der Waals surface area contributed by atoms with E-state index in [-0.39, 0.29) is 11.5 Å². The summed E-state index contributed by atoms with van der Waals surface area (Å²) in [7, 11) is 0. The fourth-order valence-electron chi connectivity index (χ4n) is 3.07. The molecule has 0 radical (unpaired) electrons. The second kappa shape index (κ2) is 6.87. The van der Waals surface area contributed by atoms with Crippen LogP contribution in [0.2, 0.25) is 10.0 Å². The highest BCUT2D eigenvalue weighted by Gasteiger charge is 2.26. The molecule has 0 aliphatic carbocycles. The zero-order valence-electron chi connectivity index (χ0n) is 14.5. The minimum absolute atomic E-state index is 0.0951. The van der Waals surface area contributed by atoms with Crippen LogP contribution in [0.5, 0.6) is 0 Å². The van der Waals surface area contributed by atoms with Gasteiger partial charge in [-0.05, 0) is 45.0 Å². The summed E-state index contributed by atoms with van der Waals surface area (Å²) in [6, 6.07) is 6.82. The molecule has 8 heteroatoms. The first kappa shape index (κ1) is 18.6. The highest BCUT2D eigenvalue weighted by molar-refractivity contribution is 6.39. The molecule has 136 valence electrons. The number of fused-ring (bicyclic) bond motifs is 1. The molecule has 0 bridgehead atoms. The summed E-state index contributed by atoms with van der Waals surface area (Å²) in [5, 5.41) is 1.46. The minimum Gasteiger partial charge on any atom is -0.368 e. The van der Waals surface area contributed by atoms with E-state index >= 15 is 0 Å². The molecule has 1 aromatic carbocycles. The summed E-state index contributed by atoms with van der Waals surface area (Å²) in [5.74, 6) is 0.0951. The molecular weight excluding hydrogens is 373 g/mol. The van der Waals surface area contributed by atoms with Crippen LogP contribution in [0, 0.1) is 0 Å². The van der Waals surface area contributed by atoms with Crippen molar-refractivity contribution in [2.75, 3.05) is 12.3 Å². The van der Waals surface area contributed by atoms with Gasteiger partial charge in [0.2, 0.25) is 5.95 Å². The third-order valence-corrected chi connectivity index (χ3v) is 4.98. The Morgan fingerprint density at radius 1 is 1.23 bits per heavy atom. The van der Waals surface area contributed by atoms with Gasteiger partial charge in [-0.15, -0.1) is 0 Å². The fourth-order valence-corrected chi connectivity index (χ4v) is 3.67. The van der Waals surface area contributed by atoms with Gasteiger partial charge in [0.1, 0.15) is 5.65 Å². The lowest BCUT2D eigenvalue weighted by Crippen LogP contribution is -2.39. The van der Waals surface area contributed by atoms with E-state index in [4.69, 9.17) is 34.7 Å². The molecule has 0 saturated carbocycles. The first-order valence-corrected chi connectivity index (χ1v) is 8.85. The number of rotatable bonds is 4. The van der Waals surface area contributed by atoms with Gasteiger partial charge in [-0.25, -0.2) is 4.98 Å². The predicted octanol–water partition coefficient (Wildman–Crippen LogP) is 3.43. The molecule has 0 amide bonds. The number of benzene rings is 1. The first-order valence-electron chi connectivity index (χ1n) is 8.09. The first-order chi connectivity index (χ1) is 12.3. The van der Waals surface area contributed by atoms with Crippen molar-refractivity contribution in [1.82, 2.24) is 14.5 Å². The van der Waals surface area contributed by atoms with Crippen LogP contribution in [-0.2, 0) is 5.54 Å². The number of nitrogen functional groups attached to an aromatic ring is 1. The van der Waals surface area contributed by atoms with Gasteiger partial charge in [-0.1, -0.05) is 29.3 Å². The molecule has 0 saturated heterocycles. The van der Waals surface area contributed by atoms with Crippen molar-refractivity contribution in [2.24, 2.45) is 5.73 Å². The molecule has 0 aliphatic heterocycles. The van der Waals surface area contributed by atoms with E-state index in [0.29, 0.717) is 45.2 Å². The van der Waals surface area contributed by atoms with Crippen LogP contribution in [0.4, 0.5) is 5.95 Å². The molecule has 0 aliphatic rings. The topological polar surface area (TPSA) is 99.8 Å². The molecule has 6 nitrogen and oxygen atoms in total. The minimum atomic E-state index is -0.589. The maximum Gasteiger partial charge on any atom is 0.260 e. The molecule has 0 fully saturated rings. The average Bonchev–Trinajstić information content (AvgIpc) is 2.55. The Labute approximate surface area is 160 Å². The summed E-state index contributed by atoms with van der Waals surface area (Å²) in [6.07, 6.45) is 2.16. The summed E-state index contributed by atoms with van der Waals surface area (Å²) in [5.41, 5.74) is 12.0. The summed E-state index contributed by atoms with van der Waals surface area (Å²) >= 11 is 12.7. The van der Waals surface area contributed by atoms with E-state index in [1.807, 2.05) is 13.8 Å². The van der Waals surface area contributed by atoms with Crippen molar-refractivity contribution in [3.8, 4) is 11.1 Å². The smallest absolute Gasteiger partial charge is 0.260 e.